The zero-order chi connectivity index (χ0) is 4.28. The van der Waals surface area contributed by atoms with Crippen LogP contribution in [0.2, 0.25) is 0 Å². The van der Waals surface area contributed by atoms with Gasteiger partial charge in [0, 0.05) is 17.1 Å². The zero-order valence-corrected chi connectivity index (χ0v) is 5.16. The largest absolute Gasteiger partial charge is 0.100 e. The molecule has 0 fully saturated rings. The molecule has 0 aromatic carbocycles. The van der Waals surface area contributed by atoms with Gasteiger partial charge < -0.3 is 0 Å². The van der Waals surface area contributed by atoms with E-state index in [9.17, 15) is 0 Å². The molecule has 0 atom stereocenters. The Kier molecular flexibility index (Phi) is 8.37. The first-order chi connectivity index (χ1) is 2.27. The van der Waals surface area contributed by atoms with Crippen LogP contribution in [-0.4, -0.2) is 0 Å². The molecule has 0 aromatic heterocycles. The third-order valence-electron chi connectivity index (χ3n) is 0.604. The zero-order valence-electron chi connectivity index (χ0n) is 4.22. The van der Waals surface area contributed by atoms with E-state index < -0.39 is 0 Å². The first kappa shape index (κ1) is 9.54. The SMILES string of the molecule is C=C(C)CC.[Cu]. The van der Waals surface area contributed by atoms with Crippen LogP contribution in [0.1, 0.15) is 20.3 Å². The van der Waals surface area contributed by atoms with Crippen LogP contribution in [0.15, 0.2) is 12.2 Å². The van der Waals surface area contributed by atoms with Crippen molar-refractivity contribution in [1.82, 2.24) is 0 Å². The van der Waals surface area contributed by atoms with Crippen LogP contribution in [-0.2, 0) is 17.1 Å². The van der Waals surface area contributed by atoms with Gasteiger partial charge in [0.2, 0.25) is 0 Å². The van der Waals surface area contributed by atoms with E-state index in [0.29, 0.717) is 0 Å². The predicted molar refractivity (Wildman–Crippen MR) is 25.1 cm³/mol. The van der Waals surface area contributed by atoms with E-state index in [1.54, 1.807) is 0 Å². The maximum atomic E-state index is 3.67. The summed E-state index contributed by atoms with van der Waals surface area (Å²) in [6, 6.07) is 0. The maximum absolute atomic E-state index is 3.67. The Bertz CT molecular complexity index is 39.2. The van der Waals surface area contributed by atoms with E-state index in [1.165, 1.54) is 5.57 Å². The number of hydrogen-bond donors (Lipinski definition) is 0. The normalized spacial score (nSPS) is 6.33. The fraction of sp³-hybridized carbons (Fsp3) is 0.600. The number of hydrogen-bond acceptors (Lipinski definition) is 0. The first-order valence-electron chi connectivity index (χ1n) is 1.91. The summed E-state index contributed by atoms with van der Waals surface area (Å²) < 4.78 is 0. The molecule has 1 radical (unpaired) electrons. The molecule has 0 saturated carbocycles. The third-order valence-corrected chi connectivity index (χ3v) is 0.604. The summed E-state index contributed by atoms with van der Waals surface area (Å²) in [4.78, 5) is 0. The van der Waals surface area contributed by atoms with Crippen molar-refractivity contribution in [3.05, 3.63) is 12.2 Å². The van der Waals surface area contributed by atoms with E-state index in [1.807, 2.05) is 6.92 Å². The molecule has 0 aliphatic rings. The predicted octanol–water partition coefficient (Wildman–Crippen LogP) is 1.97. The topological polar surface area (TPSA) is 0 Å². The minimum absolute atomic E-state index is 0. The molecule has 0 heterocycles. The van der Waals surface area contributed by atoms with Gasteiger partial charge in [-0.1, -0.05) is 12.5 Å². The Labute approximate surface area is 50.1 Å². The van der Waals surface area contributed by atoms with Crippen molar-refractivity contribution < 1.29 is 17.1 Å². The number of rotatable bonds is 1. The average molecular weight is 134 g/mol. The average Bonchev–Trinajstić information content (AvgIpc) is 1.38. The summed E-state index contributed by atoms with van der Waals surface area (Å²) in [5, 5.41) is 0. The van der Waals surface area contributed by atoms with Gasteiger partial charge in [-0.2, -0.15) is 0 Å². The Morgan fingerprint density at radius 2 is 1.83 bits per heavy atom. The molecule has 0 aromatic rings. The quantitative estimate of drug-likeness (QED) is 0.379. The second-order valence-electron chi connectivity index (χ2n) is 1.31. The van der Waals surface area contributed by atoms with Crippen LogP contribution in [0, 0.1) is 0 Å². The van der Waals surface area contributed by atoms with Gasteiger partial charge in [-0.05, 0) is 13.3 Å². The van der Waals surface area contributed by atoms with Crippen LogP contribution in [0.3, 0.4) is 0 Å². The van der Waals surface area contributed by atoms with Gasteiger partial charge in [0.25, 0.3) is 0 Å². The van der Waals surface area contributed by atoms with Crippen molar-refractivity contribution in [2.24, 2.45) is 0 Å². The summed E-state index contributed by atoms with van der Waals surface area (Å²) in [7, 11) is 0. The number of allylic oxidation sites excluding steroid dienone is 1. The molecule has 0 spiro atoms. The van der Waals surface area contributed by atoms with Crippen molar-refractivity contribution in [3.8, 4) is 0 Å². The molecule has 0 unspecified atom stereocenters. The third kappa shape index (κ3) is 8.86. The van der Waals surface area contributed by atoms with Crippen molar-refractivity contribution in [1.29, 1.82) is 0 Å². The van der Waals surface area contributed by atoms with Crippen LogP contribution < -0.4 is 0 Å². The van der Waals surface area contributed by atoms with E-state index in [-0.39, 0.29) is 17.1 Å². The van der Waals surface area contributed by atoms with Gasteiger partial charge >= 0.3 is 0 Å². The molecule has 1 heteroatoms. The molecule has 0 saturated heterocycles. The Balaban J connectivity index is 0. The van der Waals surface area contributed by atoms with Crippen LogP contribution in [0.25, 0.3) is 0 Å². The first-order valence-corrected chi connectivity index (χ1v) is 1.91. The molecular weight excluding hydrogens is 124 g/mol. The van der Waals surface area contributed by atoms with Gasteiger partial charge in [0.1, 0.15) is 0 Å². The molecular formula is C5H10Cu. The molecule has 0 bridgehead atoms. The monoisotopic (exact) mass is 133 g/mol. The van der Waals surface area contributed by atoms with E-state index in [0.717, 1.165) is 6.42 Å². The van der Waals surface area contributed by atoms with Gasteiger partial charge in [0.05, 0.1) is 0 Å². The van der Waals surface area contributed by atoms with Gasteiger partial charge in [-0.3, -0.25) is 0 Å². The summed E-state index contributed by atoms with van der Waals surface area (Å²) >= 11 is 0. The molecule has 0 aliphatic carbocycles. The van der Waals surface area contributed by atoms with E-state index in [4.69, 9.17) is 0 Å². The van der Waals surface area contributed by atoms with Crippen LogP contribution >= 0.6 is 0 Å². The molecule has 0 aliphatic heterocycles. The van der Waals surface area contributed by atoms with Crippen LogP contribution in [0.4, 0.5) is 0 Å². The van der Waals surface area contributed by atoms with Gasteiger partial charge in [0.15, 0.2) is 0 Å². The smallest absolute Gasteiger partial charge is 0 e. The van der Waals surface area contributed by atoms with Crippen molar-refractivity contribution in [3.63, 3.8) is 0 Å². The fourth-order valence-electron chi connectivity index (χ4n) is 0. The molecule has 6 heavy (non-hydrogen) atoms. The second kappa shape index (κ2) is 5.26. The second-order valence-corrected chi connectivity index (χ2v) is 1.31. The van der Waals surface area contributed by atoms with Crippen molar-refractivity contribution in [2.75, 3.05) is 0 Å². The Morgan fingerprint density at radius 3 is 1.83 bits per heavy atom. The van der Waals surface area contributed by atoms with Gasteiger partial charge in [-0.15, -0.1) is 6.58 Å². The maximum Gasteiger partial charge on any atom is 0 e. The van der Waals surface area contributed by atoms with E-state index >= 15 is 0 Å². The standard InChI is InChI=1S/C5H10.Cu/c1-4-5(2)3;/h2,4H2,1,3H3;. The van der Waals surface area contributed by atoms with Crippen LogP contribution in [0.5, 0.6) is 0 Å². The summed E-state index contributed by atoms with van der Waals surface area (Å²) in [5.41, 5.74) is 1.25. The molecule has 0 rings (SSSR count). The summed E-state index contributed by atoms with van der Waals surface area (Å²) in [5.74, 6) is 0. The molecule has 0 N–H and O–H groups in total. The minimum Gasteiger partial charge on any atom is -0.100 e. The fourth-order valence-corrected chi connectivity index (χ4v) is 0. The Hall–Kier alpha value is 0.259. The van der Waals surface area contributed by atoms with E-state index in [2.05, 4.69) is 13.5 Å². The Morgan fingerprint density at radius 1 is 1.67 bits per heavy atom. The molecule has 0 amide bonds. The molecule has 41 valence electrons. The minimum atomic E-state index is 0. The summed E-state index contributed by atoms with van der Waals surface area (Å²) in [6.07, 6.45) is 1.11. The van der Waals surface area contributed by atoms with Crippen molar-refractivity contribution in [2.45, 2.75) is 20.3 Å². The van der Waals surface area contributed by atoms with Gasteiger partial charge in [-0.25, -0.2) is 0 Å². The van der Waals surface area contributed by atoms with Crippen molar-refractivity contribution >= 4 is 0 Å². The molecule has 0 nitrogen and oxygen atoms in total. The summed E-state index contributed by atoms with van der Waals surface area (Å²) in [6.45, 7) is 7.80.